The summed E-state index contributed by atoms with van der Waals surface area (Å²) in [6.07, 6.45) is 4.94. The SMILES string of the molecule is O=C(O)N[C@@H]1c2ccccc2CC12CCN(c1ccc3c(I)nn(C4CCCCO4)c3n1)CC2. The van der Waals surface area contributed by atoms with Gasteiger partial charge in [-0.15, -0.1) is 0 Å². The van der Waals surface area contributed by atoms with Gasteiger partial charge < -0.3 is 20.1 Å². The van der Waals surface area contributed by atoms with Crippen molar-refractivity contribution in [3.8, 4) is 0 Å². The van der Waals surface area contributed by atoms with Gasteiger partial charge in [-0.05, 0) is 84.4 Å². The van der Waals surface area contributed by atoms with Crippen molar-refractivity contribution in [1.29, 1.82) is 0 Å². The molecular weight excluding hydrogens is 545 g/mol. The minimum atomic E-state index is -0.955. The van der Waals surface area contributed by atoms with Gasteiger partial charge in [0.1, 0.15) is 9.52 Å². The van der Waals surface area contributed by atoms with Gasteiger partial charge in [-0.2, -0.15) is 5.10 Å². The smallest absolute Gasteiger partial charge is 0.405 e. The summed E-state index contributed by atoms with van der Waals surface area (Å²) < 4.78 is 8.91. The van der Waals surface area contributed by atoms with Crippen molar-refractivity contribution in [2.75, 3.05) is 24.6 Å². The Hall–Kier alpha value is -2.40. The molecule has 2 N–H and O–H groups in total. The number of fused-ring (bicyclic) bond motifs is 2. The van der Waals surface area contributed by atoms with E-state index in [1.807, 2.05) is 16.8 Å². The summed E-state index contributed by atoms with van der Waals surface area (Å²) in [6.45, 7) is 2.45. The molecule has 4 heterocycles. The van der Waals surface area contributed by atoms with Gasteiger partial charge >= 0.3 is 6.09 Å². The molecule has 3 aromatic rings. The van der Waals surface area contributed by atoms with Crippen LogP contribution in [0.3, 0.4) is 0 Å². The molecule has 1 unspecified atom stereocenters. The number of halogens is 1. The van der Waals surface area contributed by atoms with Gasteiger partial charge in [-0.25, -0.2) is 14.5 Å². The molecule has 0 bridgehead atoms. The number of piperidine rings is 1. The third kappa shape index (κ3) is 3.73. The molecule has 2 fully saturated rings. The van der Waals surface area contributed by atoms with E-state index < -0.39 is 6.09 Å². The molecule has 1 aromatic carbocycles. The highest BCUT2D eigenvalue weighted by Crippen LogP contribution is 2.52. The van der Waals surface area contributed by atoms with E-state index in [9.17, 15) is 9.90 Å². The zero-order chi connectivity index (χ0) is 23.3. The number of nitrogens with zero attached hydrogens (tertiary/aromatic N) is 4. The van der Waals surface area contributed by atoms with E-state index in [0.717, 1.165) is 84.3 Å². The number of nitrogens with one attached hydrogen (secondary N) is 1. The van der Waals surface area contributed by atoms with Gasteiger partial charge in [0.2, 0.25) is 0 Å². The van der Waals surface area contributed by atoms with Crippen LogP contribution in [0.15, 0.2) is 36.4 Å². The molecule has 2 aromatic heterocycles. The lowest BCUT2D eigenvalue weighted by molar-refractivity contribution is -0.0372. The highest BCUT2D eigenvalue weighted by molar-refractivity contribution is 14.1. The van der Waals surface area contributed by atoms with Crippen LogP contribution in [0.5, 0.6) is 0 Å². The van der Waals surface area contributed by atoms with Crippen molar-refractivity contribution in [1.82, 2.24) is 20.1 Å². The zero-order valence-electron chi connectivity index (χ0n) is 18.9. The molecular formula is C25H28IN5O3. The van der Waals surface area contributed by atoms with E-state index in [1.165, 1.54) is 5.56 Å². The third-order valence-corrected chi connectivity index (χ3v) is 8.59. The summed E-state index contributed by atoms with van der Waals surface area (Å²) in [5, 5.41) is 18.2. The first-order chi connectivity index (χ1) is 16.5. The average molecular weight is 573 g/mol. The van der Waals surface area contributed by atoms with Gasteiger partial charge in [0, 0.05) is 25.1 Å². The topological polar surface area (TPSA) is 92.5 Å². The summed E-state index contributed by atoms with van der Waals surface area (Å²) in [4.78, 5) is 19.0. The Bertz CT molecular complexity index is 1230. The second-order valence-electron chi connectivity index (χ2n) is 9.70. The maximum Gasteiger partial charge on any atom is 0.405 e. The predicted octanol–water partition coefficient (Wildman–Crippen LogP) is 4.89. The molecule has 1 aliphatic carbocycles. The van der Waals surface area contributed by atoms with Crippen molar-refractivity contribution in [2.24, 2.45) is 5.41 Å². The van der Waals surface area contributed by atoms with Gasteiger partial charge in [-0.3, -0.25) is 0 Å². The molecule has 2 atom stereocenters. The van der Waals surface area contributed by atoms with Crippen LogP contribution in [0, 0.1) is 9.12 Å². The molecule has 2 aliphatic heterocycles. The molecule has 8 nitrogen and oxygen atoms in total. The number of carbonyl (C=O) groups is 1. The van der Waals surface area contributed by atoms with Crippen molar-refractivity contribution in [2.45, 2.75) is 50.8 Å². The van der Waals surface area contributed by atoms with E-state index in [-0.39, 0.29) is 17.7 Å². The highest BCUT2D eigenvalue weighted by atomic mass is 127. The van der Waals surface area contributed by atoms with Crippen LogP contribution in [0.4, 0.5) is 10.6 Å². The van der Waals surface area contributed by atoms with E-state index in [1.54, 1.807) is 0 Å². The third-order valence-electron chi connectivity index (χ3n) is 7.80. The highest BCUT2D eigenvalue weighted by Gasteiger charge is 2.48. The van der Waals surface area contributed by atoms with Crippen molar-refractivity contribution in [3.05, 3.63) is 51.2 Å². The monoisotopic (exact) mass is 573 g/mol. The van der Waals surface area contributed by atoms with Crippen molar-refractivity contribution >= 4 is 45.5 Å². The second-order valence-corrected chi connectivity index (χ2v) is 10.7. The lowest BCUT2D eigenvalue weighted by atomic mass is 9.72. The Labute approximate surface area is 211 Å². The molecule has 178 valence electrons. The van der Waals surface area contributed by atoms with Crippen LogP contribution in [0.25, 0.3) is 11.0 Å². The molecule has 2 saturated heterocycles. The quantitative estimate of drug-likeness (QED) is 0.434. The standard InChI is InChI=1S/C25H28IN5O3/c26-22-18-8-9-19(27-23(18)31(29-22)20-7-3-4-14-34-20)30-12-10-25(11-13-30)15-16-5-1-2-6-17(16)21(25)28-24(32)33/h1-2,5-6,8-9,20-21,28H,3-4,7,10-15H2,(H,32,33)/t20?,21-/m1/s1. The van der Waals surface area contributed by atoms with Crippen LogP contribution in [0.1, 0.15) is 55.5 Å². The fraction of sp³-hybridized carbons (Fsp3) is 0.480. The normalized spacial score (nSPS) is 23.9. The van der Waals surface area contributed by atoms with Crippen LogP contribution in [0.2, 0.25) is 0 Å². The number of aromatic nitrogens is 3. The zero-order valence-corrected chi connectivity index (χ0v) is 21.1. The van der Waals surface area contributed by atoms with Crippen LogP contribution in [-0.4, -0.2) is 45.7 Å². The van der Waals surface area contributed by atoms with Crippen molar-refractivity contribution in [3.63, 3.8) is 0 Å². The number of amides is 1. The first kappa shape index (κ1) is 22.1. The van der Waals surface area contributed by atoms with E-state index in [4.69, 9.17) is 14.8 Å². The summed E-state index contributed by atoms with van der Waals surface area (Å²) >= 11 is 2.28. The number of hydrogen-bond donors (Lipinski definition) is 2. The van der Waals surface area contributed by atoms with Gasteiger partial charge in [0.15, 0.2) is 11.9 Å². The lowest BCUT2D eigenvalue weighted by Gasteiger charge is -2.43. The fourth-order valence-corrected chi connectivity index (χ4v) is 6.71. The first-order valence-electron chi connectivity index (χ1n) is 12.0. The number of anilines is 1. The van der Waals surface area contributed by atoms with E-state index in [0.29, 0.717) is 0 Å². The maximum atomic E-state index is 11.6. The summed E-state index contributed by atoms with van der Waals surface area (Å²) in [5.74, 6) is 0.953. The fourth-order valence-electron chi connectivity index (χ4n) is 6.05. The molecule has 3 aliphatic rings. The molecule has 0 radical (unpaired) electrons. The van der Waals surface area contributed by atoms with Gasteiger partial charge in [0.25, 0.3) is 0 Å². The van der Waals surface area contributed by atoms with Crippen LogP contribution in [-0.2, 0) is 11.2 Å². The van der Waals surface area contributed by atoms with Crippen molar-refractivity contribution < 1.29 is 14.6 Å². The predicted molar refractivity (Wildman–Crippen MR) is 137 cm³/mol. The maximum absolute atomic E-state index is 11.6. The number of pyridine rings is 1. The minimum absolute atomic E-state index is 0.0491. The lowest BCUT2D eigenvalue weighted by Crippen LogP contribution is -2.46. The molecule has 9 heteroatoms. The summed E-state index contributed by atoms with van der Waals surface area (Å²) in [6, 6.07) is 12.3. The van der Waals surface area contributed by atoms with E-state index in [2.05, 4.69) is 57.1 Å². The number of benzene rings is 1. The molecule has 0 saturated carbocycles. The Morgan fingerprint density at radius 2 is 2.00 bits per heavy atom. The number of carboxylic acid groups (broad SMARTS) is 1. The summed E-state index contributed by atoms with van der Waals surface area (Å²) in [7, 11) is 0. The van der Waals surface area contributed by atoms with Crippen LogP contribution >= 0.6 is 22.6 Å². The Balaban J connectivity index is 1.26. The van der Waals surface area contributed by atoms with Gasteiger partial charge in [-0.1, -0.05) is 24.3 Å². The van der Waals surface area contributed by atoms with Crippen LogP contribution < -0.4 is 10.2 Å². The second kappa shape index (κ2) is 8.67. The molecule has 34 heavy (non-hydrogen) atoms. The Morgan fingerprint density at radius 1 is 1.18 bits per heavy atom. The molecule has 6 rings (SSSR count). The van der Waals surface area contributed by atoms with E-state index >= 15 is 0 Å². The van der Waals surface area contributed by atoms with Gasteiger partial charge in [0.05, 0.1) is 11.4 Å². The molecule has 1 amide bonds. The largest absolute Gasteiger partial charge is 0.465 e. The number of ether oxygens (including phenoxy) is 1. The first-order valence-corrected chi connectivity index (χ1v) is 13.1. The number of hydrogen-bond acceptors (Lipinski definition) is 5. The Kier molecular flexibility index (Phi) is 5.63. The Morgan fingerprint density at radius 3 is 2.76 bits per heavy atom. The average Bonchev–Trinajstić information content (AvgIpc) is 3.34. The minimum Gasteiger partial charge on any atom is -0.465 e. The number of rotatable bonds is 3. The molecule has 1 spiro atoms. The summed E-state index contributed by atoms with van der Waals surface area (Å²) in [5.41, 5.74) is 3.19.